The molecule has 1 aromatic rings. The highest BCUT2D eigenvalue weighted by atomic mass is 79.9. The Hall–Kier alpha value is -0.800. The van der Waals surface area contributed by atoms with E-state index in [0.29, 0.717) is 5.02 Å². The number of esters is 1. The van der Waals surface area contributed by atoms with E-state index in [4.69, 9.17) is 11.6 Å². The third-order valence-corrected chi connectivity index (χ3v) is 2.77. The lowest BCUT2D eigenvalue weighted by molar-refractivity contribution is -0.134. The highest BCUT2D eigenvalue weighted by molar-refractivity contribution is 9.10. The predicted octanol–water partition coefficient (Wildman–Crippen LogP) is 3.29. The van der Waals surface area contributed by atoms with Gasteiger partial charge in [-0.15, -0.1) is 0 Å². The molecule has 0 atom stereocenters. The summed E-state index contributed by atoms with van der Waals surface area (Å²) < 4.78 is 5.26. The van der Waals surface area contributed by atoms with Crippen LogP contribution in [0, 0.1) is 0 Å². The van der Waals surface area contributed by atoms with E-state index in [0.717, 1.165) is 10.0 Å². The SMILES string of the molecule is COC(=O)/C=C/c1ccc(Cl)c(Br)c1. The minimum Gasteiger partial charge on any atom is -0.466 e. The highest BCUT2D eigenvalue weighted by Gasteiger charge is 1.97. The minimum atomic E-state index is -0.379. The van der Waals surface area contributed by atoms with Gasteiger partial charge in [-0.3, -0.25) is 0 Å². The van der Waals surface area contributed by atoms with Crippen molar-refractivity contribution in [2.75, 3.05) is 7.11 Å². The van der Waals surface area contributed by atoms with Gasteiger partial charge in [0.15, 0.2) is 0 Å². The average molecular weight is 276 g/mol. The minimum absolute atomic E-state index is 0.379. The molecule has 4 heteroatoms. The molecule has 1 aromatic carbocycles. The van der Waals surface area contributed by atoms with Gasteiger partial charge in [-0.25, -0.2) is 4.79 Å². The van der Waals surface area contributed by atoms with Gasteiger partial charge in [-0.05, 0) is 39.7 Å². The van der Waals surface area contributed by atoms with Crippen LogP contribution in [-0.4, -0.2) is 13.1 Å². The zero-order valence-corrected chi connectivity index (χ0v) is 9.80. The lowest BCUT2D eigenvalue weighted by Crippen LogP contribution is -1.93. The van der Waals surface area contributed by atoms with Crippen molar-refractivity contribution in [1.29, 1.82) is 0 Å². The van der Waals surface area contributed by atoms with Crippen LogP contribution in [0.15, 0.2) is 28.7 Å². The standard InChI is InChI=1S/C10H8BrClO2/c1-14-10(13)5-3-7-2-4-9(12)8(11)6-7/h2-6H,1H3/b5-3+. The Bertz CT molecular complexity index is 374. The summed E-state index contributed by atoms with van der Waals surface area (Å²) >= 11 is 9.10. The zero-order valence-electron chi connectivity index (χ0n) is 7.46. The fourth-order valence-corrected chi connectivity index (χ4v) is 1.36. The van der Waals surface area contributed by atoms with Crippen LogP contribution in [0.4, 0.5) is 0 Å². The molecule has 1 rings (SSSR count). The van der Waals surface area contributed by atoms with Gasteiger partial charge < -0.3 is 4.74 Å². The van der Waals surface area contributed by atoms with Crippen molar-refractivity contribution in [1.82, 2.24) is 0 Å². The molecule has 0 saturated carbocycles. The summed E-state index contributed by atoms with van der Waals surface area (Å²) in [5.41, 5.74) is 0.881. The summed E-state index contributed by atoms with van der Waals surface area (Å²) in [4.78, 5) is 10.8. The molecule has 14 heavy (non-hydrogen) atoms. The van der Waals surface area contributed by atoms with Gasteiger partial charge in [-0.1, -0.05) is 17.7 Å². The number of carbonyl (C=O) groups is 1. The Morgan fingerprint density at radius 2 is 2.29 bits per heavy atom. The highest BCUT2D eigenvalue weighted by Crippen LogP contribution is 2.23. The van der Waals surface area contributed by atoms with Crippen molar-refractivity contribution >= 4 is 39.6 Å². The molecule has 0 bridgehead atoms. The lowest BCUT2D eigenvalue weighted by atomic mass is 10.2. The molecule has 0 unspecified atom stereocenters. The van der Waals surface area contributed by atoms with Gasteiger partial charge >= 0.3 is 5.97 Å². The average Bonchev–Trinajstić information content (AvgIpc) is 2.19. The normalized spacial score (nSPS) is 10.5. The molecule has 74 valence electrons. The Kier molecular flexibility index (Phi) is 4.17. The number of carbonyl (C=O) groups excluding carboxylic acids is 1. The van der Waals surface area contributed by atoms with Crippen molar-refractivity contribution < 1.29 is 9.53 Å². The maximum Gasteiger partial charge on any atom is 0.330 e. The van der Waals surface area contributed by atoms with Crippen molar-refractivity contribution in [3.8, 4) is 0 Å². The maximum absolute atomic E-state index is 10.8. The molecule has 0 aliphatic rings. The number of ether oxygens (including phenoxy) is 1. The molecule has 0 heterocycles. The summed E-state index contributed by atoms with van der Waals surface area (Å²) in [6.07, 6.45) is 3.02. The predicted molar refractivity (Wildman–Crippen MR) is 60.2 cm³/mol. The second-order valence-corrected chi connectivity index (χ2v) is 3.79. The van der Waals surface area contributed by atoms with Gasteiger partial charge in [0.25, 0.3) is 0 Å². The van der Waals surface area contributed by atoms with E-state index in [1.165, 1.54) is 13.2 Å². The first kappa shape index (κ1) is 11.3. The summed E-state index contributed by atoms with van der Waals surface area (Å²) in [6.45, 7) is 0. The number of halogens is 2. The second kappa shape index (κ2) is 5.17. The number of hydrogen-bond acceptors (Lipinski definition) is 2. The quantitative estimate of drug-likeness (QED) is 0.611. The molecule has 0 N–H and O–H groups in total. The first-order chi connectivity index (χ1) is 6.63. The first-order valence-corrected chi connectivity index (χ1v) is 5.01. The molecule has 0 amide bonds. The maximum atomic E-state index is 10.8. The molecule has 2 nitrogen and oxygen atoms in total. The van der Waals surface area contributed by atoms with Crippen molar-refractivity contribution in [3.63, 3.8) is 0 Å². The Morgan fingerprint density at radius 3 is 2.86 bits per heavy atom. The van der Waals surface area contributed by atoms with Crippen LogP contribution in [0.1, 0.15) is 5.56 Å². The van der Waals surface area contributed by atoms with Crippen LogP contribution < -0.4 is 0 Å². The first-order valence-electron chi connectivity index (χ1n) is 3.84. The van der Waals surface area contributed by atoms with Crippen LogP contribution in [0.25, 0.3) is 6.08 Å². The number of methoxy groups -OCH3 is 1. The summed E-state index contributed by atoms with van der Waals surface area (Å²) in [5.74, 6) is -0.379. The molecular weight excluding hydrogens is 267 g/mol. The fourth-order valence-electron chi connectivity index (χ4n) is 0.848. The Morgan fingerprint density at radius 1 is 1.57 bits per heavy atom. The van der Waals surface area contributed by atoms with Gasteiger partial charge in [-0.2, -0.15) is 0 Å². The zero-order chi connectivity index (χ0) is 10.6. The molecule has 0 saturated heterocycles. The molecule has 0 aromatic heterocycles. The van der Waals surface area contributed by atoms with Gasteiger partial charge in [0.1, 0.15) is 0 Å². The van der Waals surface area contributed by atoms with Crippen LogP contribution >= 0.6 is 27.5 Å². The van der Waals surface area contributed by atoms with Crippen LogP contribution in [0.2, 0.25) is 5.02 Å². The van der Waals surface area contributed by atoms with Gasteiger partial charge in [0, 0.05) is 10.5 Å². The van der Waals surface area contributed by atoms with Gasteiger partial charge in [0.05, 0.1) is 12.1 Å². The molecule has 0 aliphatic carbocycles. The molecule has 0 spiro atoms. The van der Waals surface area contributed by atoms with E-state index in [1.54, 1.807) is 12.1 Å². The van der Waals surface area contributed by atoms with E-state index < -0.39 is 0 Å². The topological polar surface area (TPSA) is 26.3 Å². The fraction of sp³-hybridized carbons (Fsp3) is 0.100. The third-order valence-electron chi connectivity index (χ3n) is 1.56. The van der Waals surface area contributed by atoms with Crippen LogP contribution in [0.3, 0.4) is 0 Å². The summed E-state index contributed by atoms with van der Waals surface area (Å²) in [7, 11) is 1.34. The molecule has 0 fully saturated rings. The number of hydrogen-bond donors (Lipinski definition) is 0. The number of benzene rings is 1. The van der Waals surface area contributed by atoms with Crippen molar-refractivity contribution in [2.45, 2.75) is 0 Å². The van der Waals surface area contributed by atoms with Crippen LogP contribution in [-0.2, 0) is 9.53 Å². The van der Waals surface area contributed by atoms with E-state index in [2.05, 4.69) is 20.7 Å². The van der Waals surface area contributed by atoms with Crippen molar-refractivity contribution in [3.05, 3.63) is 39.3 Å². The van der Waals surface area contributed by atoms with E-state index in [1.807, 2.05) is 12.1 Å². The molecule has 0 aliphatic heterocycles. The molecular formula is C10H8BrClO2. The van der Waals surface area contributed by atoms with E-state index in [-0.39, 0.29) is 5.97 Å². The monoisotopic (exact) mass is 274 g/mol. The van der Waals surface area contributed by atoms with E-state index >= 15 is 0 Å². The lowest BCUT2D eigenvalue weighted by Gasteiger charge is -1.97. The van der Waals surface area contributed by atoms with Crippen LogP contribution in [0.5, 0.6) is 0 Å². The van der Waals surface area contributed by atoms with E-state index in [9.17, 15) is 4.79 Å². The van der Waals surface area contributed by atoms with Gasteiger partial charge in [0.2, 0.25) is 0 Å². The Labute approximate surface area is 95.6 Å². The Balaban J connectivity index is 2.83. The molecule has 0 radical (unpaired) electrons. The van der Waals surface area contributed by atoms with Crippen molar-refractivity contribution in [2.24, 2.45) is 0 Å². The third kappa shape index (κ3) is 3.16. The largest absolute Gasteiger partial charge is 0.466 e. The second-order valence-electron chi connectivity index (χ2n) is 2.53. The smallest absolute Gasteiger partial charge is 0.330 e. The summed E-state index contributed by atoms with van der Waals surface area (Å²) in [6, 6.07) is 5.39. The summed E-state index contributed by atoms with van der Waals surface area (Å²) in [5, 5.41) is 0.639. The number of rotatable bonds is 2.